The number of anilines is 1. The maximum Gasteiger partial charge on any atom is 0.501 e. The molecular weight excluding hydrogens is 489 g/mol. The van der Waals surface area contributed by atoms with Crippen molar-refractivity contribution in [3.63, 3.8) is 0 Å². The summed E-state index contributed by atoms with van der Waals surface area (Å²) in [5, 5.41) is 10.5. The molecule has 1 aromatic carbocycles. The zero-order valence-corrected chi connectivity index (χ0v) is 18.7. The second kappa shape index (κ2) is 8.22. The summed E-state index contributed by atoms with van der Waals surface area (Å²) in [6.45, 7) is 1.23. The van der Waals surface area contributed by atoms with Crippen LogP contribution >= 0.6 is 0 Å². The largest absolute Gasteiger partial charge is 0.501 e. The summed E-state index contributed by atoms with van der Waals surface area (Å²) in [6, 6.07) is 4.71. The van der Waals surface area contributed by atoms with Crippen LogP contribution in [0.4, 0.5) is 18.9 Å². The van der Waals surface area contributed by atoms with Crippen LogP contribution in [0.15, 0.2) is 52.4 Å². The minimum atomic E-state index is -5.58. The highest BCUT2D eigenvalue weighted by atomic mass is 32.2. The quantitative estimate of drug-likeness (QED) is 0.519. The van der Waals surface area contributed by atoms with Gasteiger partial charge in [-0.3, -0.25) is 14.3 Å². The van der Waals surface area contributed by atoms with E-state index in [-0.39, 0.29) is 23.6 Å². The van der Waals surface area contributed by atoms with Gasteiger partial charge in [0.1, 0.15) is 0 Å². The van der Waals surface area contributed by atoms with Crippen LogP contribution in [0, 0.1) is 6.92 Å². The van der Waals surface area contributed by atoms with E-state index in [1.165, 1.54) is 25.4 Å². The van der Waals surface area contributed by atoms with E-state index in [0.29, 0.717) is 17.7 Å². The van der Waals surface area contributed by atoms with Crippen LogP contribution in [0.1, 0.15) is 11.3 Å². The Morgan fingerprint density at radius 2 is 1.70 bits per heavy atom. The Hall–Kier alpha value is -3.33. The SMILES string of the molecule is Cc1c(O)n(-c2ccc(S(=O)(=O)C(F)(F)F)cc2)c(=O)n1Cc1ccncc1NS(C)(=O)=O. The lowest BCUT2D eigenvalue weighted by Gasteiger charge is -2.11. The van der Waals surface area contributed by atoms with E-state index in [0.717, 1.165) is 27.5 Å². The van der Waals surface area contributed by atoms with Crippen molar-refractivity contribution in [2.24, 2.45) is 0 Å². The molecule has 0 bridgehead atoms. The Balaban J connectivity index is 2.04. The zero-order valence-electron chi connectivity index (χ0n) is 17.0. The van der Waals surface area contributed by atoms with Gasteiger partial charge in [-0.1, -0.05) is 0 Å². The first-order chi connectivity index (χ1) is 15.1. The van der Waals surface area contributed by atoms with Gasteiger partial charge in [0.15, 0.2) is 0 Å². The van der Waals surface area contributed by atoms with Gasteiger partial charge in [0.05, 0.1) is 41.0 Å². The minimum Gasteiger partial charge on any atom is -0.493 e. The number of aromatic nitrogens is 3. The molecule has 0 spiro atoms. The second-order valence-corrected chi connectivity index (χ2v) is 10.7. The maximum atomic E-state index is 13.0. The Kier molecular flexibility index (Phi) is 6.06. The molecule has 2 heterocycles. The number of pyridine rings is 1. The van der Waals surface area contributed by atoms with Crippen LogP contribution in [0.3, 0.4) is 0 Å². The average molecular weight is 506 g/mol. The van der Waals surface area contributed by atoms with Gasteiger partial charge in [-0.2, -0.15) is 13.2 Å². The fourth-order valence-corrected chi connectivity index (χ4v) is 4.33. The lowest BCUT2D eigenvalue weighted by molar-refractivity contribution is -0.0436. The topological polar surface area (TPSA) is 140 Å². The first-order valence-electron chi connectivity index (χ1n) is 8.97. The van der Waals surface area contributed by atoms with Gasteiger partial charge < -0.3 is 5.11 Å². The first-order valence-corrected chi connectivity index (χ1v) is 12.3. The van der Waals surface area contributed by atoms with Gasteiger partial charge in [-0.05, 0) is 42.8 Å². The molecule has 178 valence electrons. The van der Waals surface area contributed by atoms with Gasteiger partial charge >= 0.3 is 11.2 Å². The molecule has 0 atom stereocenters. The number of sulfone groups is 1. The first kappa shape index (κ1) is 24.3. The molecule has 0 unspecified atom stereocenters. The van der Waals surface area contributed by atoms with Gasteiger partial charge in [-0.25, -0.2) is 26.2 Å². The highest BCUT2D eigenvalue weighted by molar-refractivity contribution is 7.92. The van der Waals surface area contributed by atoms with Crippen molar-refractivity contribution in [3.8, 4) is 11.6 Å². The van der Waals surface area contributed by atoms with E-state index in [9.17, 15) is 39.9 Å². The molecule has 10 nitrogen and oxygen atoms in total. The third-order valence-electron chi connectivity index (χ3n) is 4.61. The van der Waals surface area contributed by atoms with E-state index >= 15 is 0 Å². The molecule has 33 heavy (non-hydrogen) atoms. The third-order valence-corrected chi connectivity index (χ3v) is 6.70. The maximum absolute atomic E-state index is 13.0. The van der Waals surface area contributed by atoms with Crippen LogP contribution in [-0.2, 0) is 26.4 Å². The van der Waals surface area contributed by atoms with Crippen LogP contribution in [0.2, 0.25) is 0 Å². The lowest BCUT2D eigenvalue weighted by atomic mass is 10.2. The molecule has 2 N–H and O–H groups in total. The molecule has 2 aromatic heterocycles. The van der Waals surface area contributed by atoms with Crippen molar-refractivity contribution in [3.05, 3.63) is 64.5 Å². The highest BCUT2D eigenvalue weighted by Gasteiger charge is 2.46. The summed E-state index contributed by atoms with van der Waals surface area (Å²) in [5.41, 5.74) is -5.82. The predicted octanol–water partition coefficient (Wildman–Crippen LogP) is 1.76. The number of rotatable bonds is 6. The predicted molar refractivity (Wildman–Crippen MR) is 111 cm³/mol. The van der Waals surface area contributed by atoms with Gasteiger partial charge in [0.2, 0.25) is 15.9 Å². The van der Waals surface area contributed by atoms with Crippen molar-refractivity contribution < 1.29 is 35.1 Å². The summed E-state index contributed by atoms with van der Waals surface area (Å²) in [6.07, 6.45) is 3.55. The molecule has 0 aliphatic heterocycles. The average Bonchev–Trinajstić information content (AvgIpc) is 2.91. The van der Waals surface area contributed by atoms with Crippen molar-refractivity contribution in [1.82, 2.24) is 14.1 Å². The molecule has 3 aromatic rings. The number of alkyl halides is 3. The smallest absolute Gasteiger partial charge is 0.493 e. The van der Waals surface area contributed by atoms with E-state index < -0.39 is 41.8 Å². The summed E-state index contributed by atoms with van der Waals surface area (Å²) in [4.78, 5) is 15.8. The fraction of sp³-hybridized carbons (Fsp3) is 0.222. The molecule has 0 radical (unpaired) electrons. The fourth-order valence-electron chi connectivity index (χ4n) is 2.99. The van der Waals surface area contributed by atoms with E-state index in [1.807, 2.05) is 0 Å². The molecule has 0 fully saturated rings. The number of benzene rings is 1. The monoisotopic (exact) mass is 506 g/mol. The number of nitrogens with one attached hydrogen (secondary N) is 1. The summed E-state index contributed by atoms with van der Waals surface area (Å²) < 4.78 is 88.6. The number of hydrogen-bond acceptors (Lipinski definition) is 7. The van der Waals surface area contributed by atoms with Crippen molar-refractivity contribution >= 4 is 25.5 Å². The number of imidazole rings is 1. The molecule has 15 heteroatoms. The summed E-state index contributed by atoms with van der Waals surface area (Å²) >= 11 is 0. The molecule has 0 aliphatic rings. The van der Waals surface area contributed by atoms with Crippen LogP contribution < -0.4 is 10.4 Å². The highest BCUT2D eigenvalue weighted by Crippen LogP contribution is 2.31. The van der Waals surface area contributed by atoms with E-state index in [4.69, 9.17) is 0 Å². The molecule has 0 aliphatic carbocycles. The number of nitrogens with zero attached hydrogens (tertiary/aromatic N) is 3. The molecular formula is C18H17F3N4O6S2. The van der Waals surface area contributed by atoms with Crippen LogP contribution in [0.25, 0.3) is 5.69 Å². The Morgan fingerprint density at radius 3 is 2.24 bits per heavy atom. The Bertz CT molecular complexity index is 1470. The number of hydrogen-bond donors (Lipinski definition) is 2. The normalized spacial score (nSPS) is 12.6. The van der Waals surface area contributed by atoms with Crippen molar-refractivity contribution in [2.75, 3.05) is 11.0 Å². The molecule has 3 rings (SSSR count). The van der Waals surface area contributed by atoms with Gasteiger partial charge in [0.25, 0.3) is 9.84 Å². The minimum absolute atomic E-state index is 0.0779. The van der Waals surface area contributed by atoms with Crippen molar-refractivity contribution in [2.45, 2.75) is 23.9 Å². The molecule has 0 amide bonds. The molecule has 0 saturated carbocycles. The van der Waals surface area contributed by atoms with Crippen LogP contribution in [0.5, 0.6) is 5.88 Å². The summed E-state index contributed by atoms with van der Waals surface area (Å²) in [7, 11) is -9.22. The van der Waals surface area contributed by atoms with Crippen LogP contribution in [-0.4, -0.2) is 47.8 Å². The van der Waals surface area contributed by atoms with Gasteiger partial charge in [0, 0.05) is 6.20 Å². The zero-order chi connectivity index (χ0) is 24.8. The summed E-state index contributed by atoms with van der Waals surface area (Å²) in [5.74, 6) is -0.530. The third kappa shape index (κ3) is 4.73. The van der Waals surface area contributed by atoms with Crippen molar-refractivity contribution in [1.29, 1.82) is 0 Å². The standard InChI is InChI=1S/C18H17F3N4O6S2/c1-11-16(26)25(13-3-5-14(6-4-13)33(30,31)18(19,20)21)17(27)24(11)10-12-7-8-22-9-15(12)23-32(2,28)29/h3-9,23,26H,10H2,1-2H3. The number of aromatic hydroxyl groups is 1. The Morgan fingerprint density at radius 1 is 1.09 bits per heavy atom. The van der Waals surface area contributed by atoms with E-state index in [1.54, 1.807) is 0 Å². The number of halogens is 3. The second-order valence-electron chi connectivity index (χ2n) is 6.96. The lowest BCUT2D eigenvalue weighted by Crippen LogP contribution is -2.25. The van der Waals surface area contributed by atoms with E-state index in [2.05, 4.69) is 9.71 Å². The number of sulfonamides is 1. The molecule has 0 saturated heterocycles. The Labute approximate surface area is 185 Å². The van der Waals surface area contributed by atoms with Gasteiger partial charge in [-0.15, -0.1) is 0 Å².